The van der Waals surface area contributed by atoms with Crippen LogP contribution in [0, 0.1) is 0 Å². The number of carbonyl (C=O) groups is 4. The summed E-state index contributed by atoms with van der Waals surface area (Å²) in [5, 5.41) is 0. The van der Waals surface area contributed by atoms with Crippen LogP contribution >= 0.6 is 0 Å². The second-order valence-corrected chi connectivity index (χ2v) is 11.5. The Balaban J connectivity index is 5.33. The van der Waals surface area contributed by atoms with Crippen molar-refractivity contribution < 1.29 is 32.9 Å². The average molecular weight is 430 g/mol. The quantitative estimate of drug-likeness (QED) is 0.388. The number of carbonyl (C=O) groups excluding carboxylic acids is 4. The lowest BCUT2D eigenvalue weighted by Crippen LogP contribution is -2.64. The number of likely N-dealkylation sites (N-methyl/N-ethyl adjacent to an activating group) is 3. The number of hydrogen-bond acceptors (Lipinski definition) is 5. The summed E-state index contributed by atoms with van der Waals surface area (Å²) >= 11 is 0. The van der Waals surface area contributed by atoms with Gasteiger partial charge in [0.25, 0.3) is 0 Å². The van der Waals surface area contributed by atoms with E-state index in [1.807, 2.05) is 34.6 Å². The van der Waals surface area contributed by atoms with Crippen LogP contribution in [0.4, 0.5) is 0 Å². The largest absolute Gasteiger partial charge is 0.450 e. The van der Waals surface area contributed by atoms with Crippen LogP contribution in [0.1, 0.15) is 61.8 Å². The zero-order chi connectivity index (χ0) is 24.5. The molecule has 0 rings (SSSR count). The molecular weight excluding hydrogens is 386 g/mol. The number of amides is 3. The minimum Gasteiger partial charge on any atom is -0.450 e. The highest BCUT2D eigenvalue weighted by Gasteiger charge is 2.48. The molecule has 0 saturated carbocycles. The molecular formula is C22H43N3O5+2. The molecule has 0 heterocycles. The van der Waals surface area contributed by atoms with E-state index in [1.54, 1.807) is 56.0 Å². The monoisotopic (exact) mass is 429 g/mol. The van der Waals surface area contributed by atoms with Gasteiger partial charge in [-0.1, -0.05) is 0 Å². The van der Waals surface area contributed by atoms with E-state index in [0.717, 1.165) is 0 Å². The van der Waals surface area contributed by atoms with Crippen LogP contribution in [0.2, 0.25) is 0 Å². The fourth-order valence-corrected chi connectivity index (χ4v) is 2.35. The van der Waals surface area contributed by atoms with Crippen LogP contribution in [0.25, 0.3) is 0 Å². The third-order valence-electron chi connectivity index (χ3n) is 6.37. The first-order valence-corrected chi connectivity index (χ1v) is 10.2. The number of esters is 1. The van der Waals surface area contributed by atoms with E-state index in [0.29, 0.717) is 6.42 Å². The third kappa shape index (κ3) is 6.35. The van der Waals surface area contributed by atoms with Gasteiger partial charge in [-0.05, 0) is 55.4 Å². The Hall–Kier alpha value is -1.80. The van der Waals surface area contributed by atoms with Gasteiger partial charge in [-0.2, -0.15) is 0 Å². The Kier molecular flexibility index (Phi) is 8.22. The second-order valence-electron chi connectivity index (χ2n) is 11.5. The molecule has 0 spiro atoms. The smallest absolute Gasteiger partial charge is 0.437 e. The maximum Gasteiger partial charge on any atom is 0.437 e. The molecule has 0 atom stereocenters. The van der Waals surface area contributed by atoms with Crippen molar-refractivity contribution in [2.75, 3.05) is 41.8 Å². The molecule has 0 N–H and O–H groups in total. The van der Waals surface area contributed by atoms with E-state index in [1.165, 1.54) is 4.90 Å². The molecule has 0 aliphatic heterocycles. The zero-order valence-corrected chi connectivity index (χ0v) is 21.3. The van der Waals surface area contributed by atoms with Crippen molar-refractivity contribution >= 4 is 23.7 Å². The Morgan fingerprint density at radius 3 is 1.57 bits per heavy atom. The molecule has 0 radical (unpaired) electrons. The second kappa shape index (κ2) is 8.75. The summed E-state index contributed by atoms with van der Waals surface area (Å²) in [5.74, 6) is -2.62. The molecule has 0 aliphatic carbocycles. The molecule has 0 unspecified atom stereocenters. The lowest BCUT2D eigenvalue weighted by atomic mass is 9.95. The molecule has 0 aliphatic rings. The van der Waals surface area contributed by atoms with Gasteiger partial charge in [-0.25, -0.2) is 14.4 Å². The first kappa shape index (κ1) is 28.2. The molecule has 0 bridgehead atoms. The van der Waals surface area contributed by atoms with Crippen molar-refractivity contribution in [1.82, 2.24) is 4.90 Å². The highest BCUT2D eigenvalue weighted by molar-refractivity contribution is 6.32. The topological polar surface area (TPSA) is 80.8 Å². The van der Waals surface area contributed by atoms with E-state index in [-0.39, 0.29) is 15.5 Å². The molecule has 174 valence electrons. The Bertz CT molecular complexity index is 695. The van der Waals surface area contributed by atoms with Crippen molar-refractivity contribution in [1.29, 1.82) is 0 Å². The number of ether oxygens (including phenoxy) is 1. The predicted molar refractivity (Wildman–Crippen MR) is 116 cm³/mol. The first-order chi connectivity index (χ1) is 13.0. The van der Waals surface area contributed by atoms with Gasteiger partial charge in [0, 0.05) is 20.0 Å². The molecule has 0 saturated heterocycles. The molecule has 3 amide bonds. The van der Waals surface area contributed by atoms with E-state index >= 15 is 0 Å². The highest BCUT2D eigenvalue weighted by atomic mass is 16.6. The summed E-state index contributed by atoms with van der Waals surface area (Å²) in [6, 6.07) is 0. The lowest BCUT2D eigenvalue weighted by molar-refractivity contribution is -0.863. The van der Waals surface area contributed by atoms with Crippen molar-refractivity contribution in [3.8, 4) is 0 Å². The molecule has 0 aromatic rings. The van der Waals surface area contributed by atoms with Crippen LogP contribution in [0.5, 0.6) is 0 Å². The number of nitrogens with zero attached hydrogens (tertiary/aromatic N) is 3. The molecule has 8 nitrogen and oxygen atoms in total. The zero-order valence-electron chi connectivity index (χ0n) is 21.3. The summed E-state index contributed by atoms with van der Waals surface area (Å²) in [5.41, 5.74) is -1.87. The Morgan fingerprint density at radius 1 is 0.767 bits per heavy atom. The van der Waals surface area contributed by atoms with Gasteiger partial charge in [0.1, 0.15) is 11.1 Å². The summed E-state index contributed by atoms with van der Waals surface area (Å²) in [7, 11) is 8.32. The van der Waals surface area contributed by atoms with Gasteiger partial charge in [-0.15, -0.1) is 0 Å². The number of quaternary nitrogens is 2. The van der Waals surface area contributed by atoms with E-state index in [9.17, 15) is 19.2 Å². The van der Waals surface area contributed by atoms with Gasteiger partial charge in [-0.3, -0.25) is 13.8 Å². The van der Waals surface area contributed by atoms with Gasteiger partial charge in [0.2, 0.25) is 0 Å². The Morgan fingerprint density at radius 2 is 1.20 bits per heavy atom. The highest BCUT2D eigenvalue weighted by Crippen LogP contribution is 2.26. The van der Waals surface area contributed by atoms with E-state index in [2.05, 4.69) is 0 Å². The average Bonchev–Trinajstić information content (AvgIpc) is 2.54. The van der Waals surface area contributed by atoms with Gasteiger partial charge in [0.15, 0.2) is 0 Å². The van der Waals surface area contributed by atoms with Gasteiger partial charge in [0.05, 0.1) is 33.7 Å². The molecule has 0 fully saturated rings. The van der Waals surface area contributed by atoms with Gasteiger partial charge >= 0.3 is 23.7 Å². The van der Waals surface area contributed by atoms with Crippen molar-refractivity contribution in [3.63, 3.8) is 0 Å². The van der Waals surface area contributed by atoms with Crippen LogP contribution in [0.15, 0.2) is 0 Å². The fraction of sp³-hybridized carbons (Fsp3) is 0.818. The number of rotatable bonds is 4. The standard InChI is InChI=1S/C22H43N3O5/c1-20(2,3)24(10,11)17(27)16(26)23(9)15-14-22(7,8)25(12,13)18(28)19(29)30-21(4,5)6/h14-15H2,1-13H3/q+2. The van der Waals surface area contributed by atoms with Crippen LogP contribution in [0.3, 0.4) is 0 Å². The lowest BCUT2D eigenvalue weighted by Gasteiger charge is -2.42. The van der Waals surface area contributed by atoms with Crippen molar-refractivity contribution in [3.05, 3.63) is 0 Å². The normalized spacial score (nSPS) is 13.6. The molecule has 30 heavy (non-hydrogen) atoms. The van der Waals surface area contributed by atoms with Crippen LogP contribution in [-0.2, 0) is 23.9 Å². The SMILES string of the molecule is CN(CCC(C)(C)[N+](C)(C)C(=O)C(=O)OC(C)(C)C)C(=O)C(=O)[N+](C)(C)C(C)(C)C. The van der Waals surface area contributed by atoms with E-state index < -0.39 is 40.4 Å². The summed E-state index contributed by atoms with van der Waals surface area (Å²) in [6.07, 6.45) is 0.410. The third-order valence-corrected chi connectivity index (χ3v) is 6.37. The molecule has 0 aromatic carbocycles. The first-order valence-electron chi connectivity index (χ1n) is 10.2. The summed E-state index contributed by atoms with van der Waals surface area (Å²) in [4.78, 5) is 51.9. The maximum absolute atomic E-state index is 12.8. The summed E-state index contributed by atoms with van der Waals surface area (Å²) < 4.78 is 4.92. The fourth-order valence-electron chi connectivity index (χ4n) is 2.35. The molecule has 8 heteroatoms. The van der Waals surface area contributed by atoms with Gasteiger partial charge < -0.3 is 9.64 Å². The van der Waals surface area contributed by atoms with Crippen molar-refractivity contribution in [2.45, 2.75) is 78.5 Å². The summed E-state index contributed by atoms with van der Waals surface area (Å²) in [6.45, 7) is 14.8. The predicted octanol–water partition coefficient (Wildman–Crippen LogP) is 1.96. The minimum atomic E-state index is -0.885. The number of hydrogen-bond donors (Lipinski definition) is 0. The minimum absolute atomic E-state index is 0.0712. The maximum atomic E-state index is 12.8. The van der Waals surface area contributed by atoms with Crippen molar-refractivity contribution in [2.24, 2.45) is 0 Å². The Labute approximate surface area is 182 Å². The van der Waals surface area contributed by atoms with Crippen LogP contribution < -0.4 is 0 Å². The van der Waals surface area contributed by atoms with Crippen LogP contribution in [-0.4, -0.2) is 96.0 Å². The molecule has 0 aromatic heterocycles. The van der Waals surface area contributed by atoms with E-state index in [4.69, 9.17) is 4.74 Å².